The van der Waals surface area contributed by atoms with Crippen LogP contribution in [0.3, 0.4) is 0 Å². The predicted molar refractivity (Wildman–Crippen MR) is 60.7 cm³/mol. The van der Waals surface area contributed by atoms with Crippen molar-refractivity contribution >= 4 is 20.0 Å². The van der Waals surface area contributed by atoms with Gasteiger partial charge in [-0.25, -0.2) is 16.8 Å². The zero-order chi connectivity index (χ0) is 11.9. The molecule has 0 N–H and O–H groups in total. The minimum atomic E-state index is -3.79. The molecule has 0 aromatic heterocycles. The Bertz CT molecular complexity index is 327. The van der Waals surface area contributed by atoms with E-state index in [-0.39, 0.29) is 30.4 Å². The molecule has 16 heavy (non-hydrogen) atoms. The molecule has 0 saturated heterocycles. The van der Waals surface area contributed by atoms with E-state index in [0.717, 1.165) is 0 Å². The van der Waals surface area contributed by atoms with E-state index in [2.05, 4.69) is 4.13 Å². The number of nitrogens with zero attached hydrogens (tertiary/aromatic N) is 1. The van der Waals surface area contributed by atoms with Gasteiger partial charge in [-0.15, -0.1) is 0 Å². The van der Waals surface area contributed by atoms with Crippen molar-refractivity contribution in [3.05, 3.63) is 4.13 Å². The Morgan fingerprint density at radius 3 is 1.38 bits per heavy atom. The largest absolute Gasteiger partial charge is 1.00 e. The van der Waals surface area contributed by atoms with Crippen LogP contribution in [0.4, 0.5) is 0 Å². The Labute approximate surface area is 111 Å². The fraction of sp³-hybridized carbons (Fsp3) is 1.00. The first-order valence-corrected chi connectivity index (χ1v) is 8.24. The molecular formula is C8H18LiNO4S2. The first-order chi connectivity index (χ1) is 6.83. The Balaban J connectivity index is 0. The zero-order valence-corrected chi connectivity index (χ0v) is 11.8. The van der Waals surface area contributed by atoms with Gasteiger partial charge in [-0.2, -0.15) is 0 Å². The molecule has 0 bridgehead atoms. The Kier molecular flexibility index (Phi) is 10.0. The summed E-state index contributed by atoms with van der Waals surface area (Å²) in [7, 11) is -7.59. The Morgan fingerprint density at radius 1 is 0.812 bits per heavy atom. The normalized spacial score (nSPS) is 12.1. The third-order valence-electron chi connectivity index (χ3n) is 1.74. The van der Waals surface area contributed by atoms with E-state index in [9.17, 15) is 16.8 Å². The summed E-state index contributed by atoms with van der Waals surface area (Å²) in [5, 5.41) is 0. The van der Waals surface area contributed by atoms with Gasteiger partial charge in [0.25, 0.3) is 0 Å². The summed E-state index contributed by atoms with van der Waals surface area (Å²) >= 11 is 0. The van der Waals surface area contributed by atoms with Crippen LogP contribution < -0.4 is 18.9 Å². The number of sulfonamides is 2. The third-order valence-corrected chi connectivity index (χ3v) is 5.16. The summed E-state index contributed by atoms with van der Waals surface area (Å²) in [4.78, 5) is 0. The van der Waals surface area contributed by atoms with Gasteiger partial charge in [-0.3, -0.25) is 0 Å². The van der Waals surface area contributed by atoms with E-state index in [1.165, 1.54) is 0 Å². The number of rotatable bonds is 8. The van der Waals surface area contributed by atoms with E-state index in [4.69, 9.17) is 0 Å². The van der Waals surface area contributed by atoms with E-state index in [0.29, 0.717) is 25.7 Å². The predicted octanol–water partition coefficient (Wildman–Crippen LogP) is -1.38. The second kappa shape index (κ2) is 8.53. The molecule has 0 heterocycles. The summed E-state index contributed by atoms with van der Waals surface area (Å²) in [6, 6.07) is 0. The molecule has 0 radical (unpaired) electrons. The molecule has 0 fully saturated rings. The number of unbranched alkanes of at least 4 members (excludes halogenated alkanes) is 2. The molecule has 0 saturated carbocycles. The summed E-state index contributed by atoms with van der Waals surface area (Å²) in [6.45, 7) is 3.67. The topological polar surface area (TPSA) is 82.4 Å². The van der Waals surface area contributed by atoms with Crippen molar-refractivity contribution in [2.24, 2.45) is 0 Å². The average Bonchev–Trinajstić information content (AvgIpc) is 2.10. The van der Waals surface area contributed by atoms with Crippen molar-refractivity contribution in [3.8, 4) is 0 Å². The average molecular weight is 263 g/mol. The minimum absolute atomic E-state index is 0. The first kappa shape index (κ1) is 18.8. The summed E-state index contributed by atoms with van der Waals surface area (Å²) < 4.78 is 47.8. The van der Waals surface area contributed by atoms with Gasteiger partial charge in [0.2, 0.25) is 0 Å². The summed E-state index contributed by atoms with van der Waals surface area (Å²) in [5.74, 6) is -0.371. The van der Waals surface area contributed by atoms with Crippen molar-refractivity contribution in [2.75, 3.05) is 11.5 Å². The van der Waals surface area contributed by atoms with Crippen LogP contribution in [-0.2, 0) is 20.0 Å². The van der Waals surface area contributed by atoms with Crippen molar-refractivity contribution in [2.45, 2.75) is 39.5 Å². The van der Waals surface area contributed by atoms with Gasteiger partial charge in [0.1, 0.15) is 0 Å². The van der Waals surface area contributed by atoms with Gasteiger partial charge in [0, 0.05) is 11.5 Å². The van der Waals surface area contributed by atoms with Crippen molar-refractivity contribution in [3.63, 3.8) is 0 Å². The van der Waals surface area contributed by atoms with Gasteiger partial charge in [-0.05, 0) is 12.8 Å². The molecule has 5 nitrogen and oxygen atoms in total. The van der Waals surface area contributed by atoms with E-state index in [1.54, 1.807) is 0 Å². The molecule has 0 aliphatic carbocycles. The van der Waals surface area contributed by atoms with E-state index >= 15 is 0 Å². The smallest absolute Gasteiger partial charge is 0.436 e. The van der Waals surface area contributed by atoms with Crippen molar-refractivity contribution in [1.29, 1.82) is 0 Å². The number of hydrogen-bond acceptors (Lipinski definition) is 4. The maximum Gasteiger partial charge on any atom is 1.00 e. The summed E-state index contributed by atoms with van der Waals surface area (Å²) in [5.41, 5.74) is 0. The number of hydrogen-bond donors (Lipinski definition) is 0. The van der Waals surface area contributed by atoms with Crippen LogP contribution in [0.1, 0.15) is 39.5 Å². The van der Waals surface area contributed by atoms with Gasteiger partial charge >= 0.3 is 18.9 Å². The second-order valence-corrected chi connectivity index (χ2v) is 7.09. The zero-order valence-electron chi connectivity index (χ0n) is 10.1. The van der Waals surface area contributed by atoms with Crippen LogP contribution in [-0.4, -0.2) is 28.3 Å². The molecule has 8 heteroatoms. The molecule has 0 amide bonds. The van der Waals surface area contributed by atoms with Gasteiger partial charge in [-0.1, -0.05) is 26.7 Å². The Morgan fingerprint density at radius 2 is 1.12 bits per heavy atom. The second-order valence-electron chi connectivity index (χ2n) is 3.35. The van der Waals surface area contributed by atoms with Gasteiger partial charge in [0.15, 0.2) is 0 Å². The molecule has 0 aliphatic heterocycles. The standard InChI is InChI=1S/C8H18NO4S2.Li/c1-3-5-7-14(10,11)9-15(12,13)8-6-4-2;/h3-8H2,1-2H3;/q-1;+1. The molecule has 0 unspecified atom stereocenters. The molecule has 0 aromatic carbocycles. The quantitative estimate of drug-likeness (QED) is 0.506. The fourth-order valence-electron chi connectivity index (χ4n) is 0.901. The Hall–Kier alpha value is 0.457. The van der Waals surface area contributed by atoms with Crippen molar-refractivity contribution in [1.82, 2.24) is 0 Å². The molecule has 0 rings (SSSR count). The molecular weight excluding hydrogens is 245 g/mol. The van der Waals surface area contributed by atoms with Crippen LogP contribution in [0.5, 0.6) is 0 Å². The molecule has 0 aromatic rings. The summed E-state index contributed by atoms with van der Waals surface area (Å²) in [6.07, 6.45) is 2.28. The molecule has 0 spiro atoms. The fourth-order valence-corrected chi connectivity index (χ4v) is 4.19. The van der Waals surface area contributed by atoms with E-state index < -0.39 is 20.0 Å². The molecule has 0 atom stereocenters. The maximum absolute atomic E-state index is 11.2. The van der Waals surface area contributed by atoms with E-state index in [1.807, 2.05) is 13.8 Å². The van der Waals surface area contributed by atoms with Gasteiger partial charge in [0.05, 0.1) is 20.0 Å². The van der Waals surface area contributed by atoms with Crippen LogP contribution in [0.15, 0.2) is 0 Å². The van der Waals surface area contributed by atoms with Gasteiger partial charge < -0.3 is 4.13 Å². The molecule has 0 aliphatic rings. The maximum atomic E-state index is 11.2. The SMILES string of the molecule is CCCCS(=O)(=O)[N-]S(=O)(=O)CCCC.[Li+]. The van der Waals surface area contributed by atoms with Crippen LogP contribution in [0.2, 0.25) is 0 Å². The third kappa shape index (κ3) is 9.67. The first-order valence-electron chi connectivity index (χ1n) is 5.02. The van der Waals surface area contributed by atoms with Crippen LogP contribution in [0.25, 0.3) is 4.13 Å². The molecule has 92 valence electrons. The van der Waals surface area contributed by atoms with Crippen LogP contribution in [0, 0.1) is 0 Å². The van der Waals surface area contributed by atoms with Crippen LogP contribution >= 0.6 is 0 Å². The van der Waals surface area contributed by atoms with Crippen molar-refractivity contribution < 1.29 is 35.7 Å². The minimum Gasteiger partial charge on any atom is -0.436 e. The monoisotopic (exact) mass is 263 g/mol.